The summed E-state index contributed by atoms with van der Waals surface area (Å²) in [7, 11) is 1.57. The highest BCUT2D eigenvalue weighted by Crippen LogP contribution is 2.24. The SMILES string of the molecule is CNC(=O)c1c(-c2ccncc2)noc1C. The minimum atomic E-state index is -0.203. The summed E-state index contributed by atoms with van der Waals surface area (Å²) < 4.78 is 5.04. The number of carbonyl (C=O) groups excluding carboxylic acids is 1. The fourth-order valence-electron chi connectivity index (χ4n) is 1.47. The molecule has 16 heavy (non-hydrogen) atoms. The molecule has 0 atom stereocenters. The number of hydrogen-bond acceptors (Lipinski definition) is 4. The van der Waals surface area contributed by atoms with Crippen LogP contribution in [0.1, 0.15) is 16.1 Å². The van der Waals surface area contributed by atoms with Crippen molar-refractivity contribution < 1.29 is 9.32 Å². The number of hydrogen-bond donors (Lipinski definition) is 1. The molecule has 2 heterocycles. The number of rotatable bonds is 2. The summed E-state index contributed by atoms with van der Waals surface area (Å²) in [6.45, 7) is 1.71. The van der Waals surface area contributed by atoms with Gasteiger partial charge in [-0.05, 0) is 19.1 Å². The van der Waals surface area contributed by atoms with Crippen LogP contribution in [-0.4, -0.2) is 23.1 Å². The highest BCUT2D eigenvalue weighted by atomic mass is 16.5. The quantitative estimate of drug-likeness (QED) is 0.825. The lowest BCUT2D eigenvalue weighted by Gasteiger charge is -2.00. The second-order valence-corrected chi connectivity index (χ2v) is 3.28. The fourth-order valence-corrected chi connectivity index (χ4v) is 1.47. The van der Waals surface area contributed by atoms with Gasteiger partial charge in [-0.25, -0.2) is 0 Å². The topological polar surface area (TPSA) is 68.0 Å². The van der Waals surface area contributed by atoms with Gasteiger partial charge < -0.3 is 9.84 Å². The maximum absolute atomic E-state index is 11.7. The molecule has 1 amide bonds. The van der Waals surface area contributed by atoms with Gasteiger partial charge >= 0.3 is 0 Å². The molecule has 0 bridgehead atoms. The van der Waals surface area contributed by atoms with Crippen molar-refractivity contribution in [2.75, 3.05) is 7.05 Å². The Kier molecular flexibility index (Phi) is 2.68. The molecule has 0 aliphatic heterocycles. The molecule has 82 valence electrons. The van der Waals surface area contributed by atoms with E-state index in [1.165, 1.54) is 0 Å². The van der Waals surface area contributed by atoms with Gasteiger partial charge in [-0.15, -0.1) is 0 Å². The van der Waals surface area contributed by atoms with Crippen molar-refractivity contribution in [2.45, 2.75) is 6.92 Å². The van der Waals surface area contributed by atoms with Gasteiger partial charge in [-0.3, -0.25) is 9.78 Å². The molecule has 0 radical (unpaired) electrons. The van der Waals surface area contributed by atoms with Crippen LogP contribution in [0.5, 0.6) is 0 Å². The molecule has 5 nitrogen and oxygen atoms in total. The number of aryl methyl sites for hydroxylation is 1. The summed E-state index contributed by atoms with van der Waals surface area (Å²) in [5.74, 6) is 0.303. The number of nitrogens with zero attached hydrogens (tertiary/aromatic N) is 2. The summed E-state index contributed by atoms with van der Waals surface area (Å²) >= 11 is 0. The van der Waals surface area contributed by atoms with E-state index in [-0.39, 0.29) is 5.91 Å². The minimum absolute atomic E-state index is 0.203. The molecule has 2 aromatic rings. The first-order valence-corrected chi connectivity index (χ1v) is 4.82. The van der Waals surface area contributed by atoms with Crippen LogP contribution in [-0.2, 0) is 0 Å². The van der Waals surface area contributed by atoms with E-state index in [0.717, 1.165) is 5.56 Å². The van der Waals surface area contributed by atoms with Crippen LogP contribution in [0.2, 0.25) is 0 Å². The lowest BCUT2D eigenvalue weighted by atomic mass is 10.1. The molecular formula is C11H11N3O2. The molecule has 0 spiro atoms. The zero-order valence-electron chi connectivity index (χ0n) is 9.02. The van der Waals surface area contributed by atoms with E-state index < -0.39 is 0 Å². The third-order valence-corrected chi connectivity index (χ3v) is 2.27. The zero-order chi connectivity index (χ0) is 11.5. The van der Waals surface area contributed by atoms with Crippen LogP contribution in [0.4, 0.5) is 0 Å². The van der Waals surface area contributed by atoms with Gasteiger partial charge in [0.25, 0.3) is 5.91 Å². The minimum Gasteiger partial charge on any atom is -0.360 e. The Hall–Kier alpha value is -2.17. The molecule has 1 N–H and O–H groups in total. The Morgan fingerprint density at radius 1 is 1.38 bits per heavy atom. The molecular weight excluding hydrogens is 206 g/mol. The molecule has 0 saturated heterocycles. The summed E-state index contributed by atoms with van der Waals surface area (Å²) in [6, 6.07) is 3.56. The smallest absolute Gasteiger partial charge is 0.256 e. The zero-order valence-corrected chi connectivity index (χ0v) is 9.02. The Labute approximate surface area is 92.5 Å². The van der Waals surface area contributed by atoms with Crippen molar-refractivity contribution in [2.24, 2.45) is 0 Å². The molecule has 2 aromatic heterocycles. The van der Waals surface area contributed by atoms with Crippen molar-refractivity contribution in [3.05, 3.63) is 35.9 Å². The van der Waals surface area contributed by atoms with Crippen LogP contribution in [0.15, 0.2) is 29.0 Å². The lowest BCUT2D eigenvalue weighted by Crippen LogP contribution is -2.18. The third-order valence-electron chi connectivity index (χ3n) is 2.27. The van der Waals surface area contributed by atoms with E-state index >= 15 is 0 Å². The van der Waals surface area contributed by atoms with Gasteiger partial charge in [0.2, 0.25) is 0 Å². The van der Waals surface area contributed by atoms with Crippen molar-refractivity contribution in [1.82, 2.24) is 15.5 Å². The molecule has 0 saturated carbocycles. The first-order valence-electron chi connectivity index (χ1n) is 4.82. The van der Waals surface area contributed by atoms with Crippen LogP contribution < -0.4 is 5.32 Å². The monoisotopic (exact) mass is 217 g/mol. The highest BCUT2D eigenvalue weighted by molar-refractivity contribution is 6.00. The van der Waals surface area contributed by atoms with E-state index in [9.17, 15) is 4.79 Å². The van der Waals surface area contributed by atoms with Crippen LogP contribution in [0.3, 0.4) is 0 Å². The lowest BCUT2D eigenvalue weighted by molar-refractivity contribution is 0.0962. The number of carbonyl (C=O) groups is 1. The van der Waals surface area contributed by atoms with E-state index in [2.05, 4.69) is 15.5 Å². The first kappa shape index (κ1) is 10.4. The standard InChI is InChI=1S/C11H11N3O2/c1-7-9(11(15)12-2)10(14-16-7)8-3-5-13-6-4-8/h3-6H,1-2H3,(H,12,15). The Morgan fingerprint density at radius 2 is 2.06 bits per heavy atom. The Balaban J connectivity index is 2.55. The van der Waals surface area contributed by atoms with Gasteiger partial charge in [0, 0.05) is 25.0 Å². The second-order valence-electron chi connectivity index (χ2n) is 3.28. The number of amides is 1. The van der Waals surface area contributed by atoms with Crippen LogP contribution in [0, 0.1) is 6.92 Å². The Bertz CT molecular complexity index is 505. The predicted octanol–water partition coefficient (Wildman–Crippen LogP) is 1.40. The second kappa shape index (κ2) is 4.14. The van der Waals surface area contributed by atoms with Crippen LogP contribution >= 0.6 is 0 Å². The molecule has 5 heteroatoms. The molecule has 2 rings (SSSR count). The van der Waals surface area contributed by atoms with E-state index in [4.69, 9.17) is 4.52 Å². The molecule has 0 fully saturated rings. The summed E-state index contributed by atoms with van der Waals surface area (Å²) in [4.78, 5) is 15.6. The predicted molar refractivity (Wildman–Crippen MR) is 57.9 cm³/mol. The molecule has 0 aliphatic carbocycles. The van der Waals surface area contributed by atoms with Crippen molar-refractivity contribution in [1.29, 1.82) is 0 Å². The van der Waals surface area contributed by atoms with Crippen molar-refractivity contribution in [3.63, 3.8) is 0 Å². The largest absolute Gasteiger partial charge is 0.360 e. The number of nitrogens with one attached hydrogen (secondary N) is 1. The third kappa shape index (κ3) is 1.67. The van der Waals surface area contributed by atoms with E-state index in [1.807, 2.05) is 0 Å². The number of aromatic nitrogens is 2. The first-order chi connectivity index (χ1) is 7.74. The average molecular weight is 217 g/mol. The van der Waals surface area contributed by atoms with Gasteiger partial charge in [-0.1, -0.05) is 5.16 Å². The summed E-state index contributed by atoms with van der Waals surface area (Å²) in [5.41, 5.74) is 1.82. The fraction of sp³-hybridized carbons (Fsp3) is 0.182. The normalized spacial score (nSPS) is 10.1. The highest BCUT2D eigenvalue weighted by Gasteiger charge is 2.20. The van der Waals surface area contributed by atoms with Gasteiger partial charge in [0.05, 0.1) is 0 Å². The van der Waals surface area contributed by atoms with Gasteiger partial charge in [0.15, 0.2) is 0 Å². The maximum Gasteiger partial charge on any atom is 0.256 e. The van der Waals surface area contributed by atoms with Crippen molar-refractivity contribution >= 4 is 5.91 Å². The van der Waals surface area contributed by atoms with Gasteiger partial charge in [0.1, 0.15) is 17.0 Å². The average Bonchev–Trinajstić information content (AvgIpc) is 2.71. The molecule has 0 aliphatic rings. The Morgan fingerprint density at radius 3 is 2.69 bits per heavy atom. The summed E-state index contributed by atoms with van der Waals surface area (Å²) in [5, 5.41) is 6.46. The van der Waals surface area contributed by atoms with Crippen LogP contribution in [0.25, 0.3) is 11.3 Å². The van der Waals surface area contributed by atoms with E-state index in [0.29, 0.717) is 17.0 Å². The molecule has 0 unspecified atom stereocenters. The molecule has 0 aromatic carbocycles. The van der Waals surface area contributed by atoms with Crippen molar-refractivity contribution in [3.8, 4) is 11.3 Å². The summed E-state index contributed by atoms with van der Waals surface area (Å²) in [6.07, 6.45) is 3.29. The van der Waals surface area contributed by atoms with Gasteiger partial charge in [-0.2, -0.15) is 0 Å². The number of pyridine rings is 1. The maximum atomic E-state index is 11.7. The van der Waals surface area contributed by atoms with E-state index in [1.54, 1.807) is 38.5 Å².